The molecule has 1 fully saturated rings. The van der Waals surface area contributed by atoms with Crippen LogP contribution < -0.4 is 0 Å². The highest BCUT2D eigenvalue weighted by Crippen LogP contribution is 2.33. The molecule has 0 amide bonds. The van der Waals surface area contributed by atoms with Crippen molar-refractivity contribution in [3.8, 4) is 0 Å². The average molecular weight is 305 g/mol. The van der Waals surface area contributed by atoms with E-state index in [9.17, 15) is 13.5 Å². The van der Waals surface area contributed by atoms with Gasteiger partial charge < -0.3 is 9.84 Å². The first-order valence-electron chi connectivity index (χ1n) is 6.09. The fraction of sp³-hybridized carbons (Fsp3) is 0.667. The Labute approximate surface area is 117 Å². The van der Waals surface area contributed by atoms with Gasteiger partial charge in [-0.15, -0.1) is 11.3 Å². The molecule has 19 heavy (non-hydrogen) atoms. The maximum Gasteiger partial charge on any atom is 0.245 e. The van der Waals surface area contributed by atoms with Crippen molar-refractivity contribution in [3.63, 3.8) is 0 Å². The molecule has 0 bridgehead atoms. The van der Waals surface area contributed by atoms with Crippen LogP contribution in [0.2, 0.25) is 0 Å². The molecule has 1 aliphatic rings. The van der Waals surface area contributed by atoms with Crippen LogP contribution >= 0.6 is 11.3 Å². The molecule has 0 atom stereocenters. The molecule has 1 aromatic rings. The van der Waals surface area contributed by atoms with E-state index >= 15 is 0 Å². The number of sulfonamides is 1. The Morgan fingerprint density at radius 3 is 2.79 bits per heavy atom. The number of aliphatic hydroxyl groups excluding tert-OH is 1. The Morgan fingerprint density at radius 2 is 2.21 bits per heavy atom. The van der Waals surface area contributed by atoms with Gasteiger partial charge in [0.25, 0.3) is 0 Å². The van der Waals surface area contributed by atoms with Gasteiger partial charge in [-0.1, -0.05) is 0 Å². The second kappa shape index (κ2) is 5.14. The standard InChI is InChI=1S/C12H19NO4S2/c1-9-7-18-10(6-14)11(9)19(15,16)13-4-5-17-8-12(13,2)3/h7,14H,4-6,8H2,1-3H3. The Hall–Kier alpha value is -0.470. The summed E-state index contributed by atoms with van der Waals surface area (Å²) in [7, 11) is -3.60. The highest BCUT2D eigenvalue weighted by atomic mass is 32.2. The molecule has 1 aliphatic heterocycles. The predicted octanol–water partition coefficient (Wildman–Crippen LogP) is 1.35. The van der Waals surface area contributed by atoms with Gasteiger partial charge in [0.15, 0.2) is 0 Å². The van der Waals surface area contributed by atoms with E-state index in [1.54, 1.807) is 12.3 Å². The van der Waals surface area contributed by atoms with Crippen molar-refractivity contribution in [2.45, 2.75) is 37.8 Å². The van der Waals surface area contributed by atoms with Gasteiger partial charge in [0.1, 0.15) is 4.90 Å². The van der Waals surface area contributed by atoms with Crippen LogP contribution in [0.4, 0.5) is 0 Å². The van der Waals surface area contributed by atoms with Crippen molar-refractivity contribution < 1.29 is 18.3 Å². The van der Waals surface area contributed by atoms with E-state index in [1.807, 2.05) is 13.8 Å². The third-order valence-corrected chi connectivity index (χ3v) is 6.81. The molecule has 108 valence electrons. The Bertz CT molecular complexity index is 562. The lowest BCUT2D eigenvalue weighted by molar-refractivity contribution is -0.00775. The van der Waals surface area contributed by atoms with Crippen molar-refractivity contribution in [1.29, 1.82) is 0 Å². The summed E-state index contributed by atoms with van der Waals surface area (Å²) in [5, 5.41) is 11.1. The summed E-state index contributed by atoms with van der Waals surface area (Å²) in [5.74, 6) is 0. The number of aryl methyl sites for hydroxylation is 1. The van der Waals surface area contributed by atoms with Crippen LogP contribution in [-0.2, 0) is 21.4 Å². The van der Waals surface area contributed by atoms with Crippen LogP contribution in [0.25, 0.3) is 0 Å². The topological polar surface area (TPSA) is 66.8 Å². The highest BCUT2D eigenvalue weighted by Gasteiger charge is 2.41. The monoisotopic (exact) mass is 305 g/mol. The van der Waals surface area contributed by atoms with Gasteiger partial charge in [-0.25, -0.2) is 8.42 Å². The largest absolute Gasteiger partial charge is 0.391 e. The molecule has 0 spiro atoms. The molecule has 2 heterocycles. The normalized spacial score (nSPS) is 20.6. The molecule has 1 saturated heterocycles. The quantitative estimate of drug-likeness (QED) is 0.915. The second-order valence-electron chi connectivity index (χ2n) is 5.27. The van der Waals surface area contributed by atoms with Gasteiger partial charge in [0, 0.05) is 6.54 Å². The molecule has 0 unspecified atom stereocenters. The number of morpholine rings is 1. The number of ether oxygens (including phenoxy) is 1. The average Bonchev–Trinajstić information content (AvgIpc) is 2.70. The summed E-state index contributed by atoms with van der Waals surface area (Å²) < 4.78 is 32.5. The molecule has 0 aliphatic carbocycles. The van der Waals surface area contributed by atoms with Crippen LogP contribution in [0.1, 0.15) is 24.3 Å². The first-order valence-corrected chi connectivity index (χ1v) is 8.41. The lowest BCUT2D eigenvalue weighted by Crippen LogP contribution is -2.55. The number of hydrogen-bond donors (Lipinski definition) is 1. The molecule has 0 saturated carbocycles. The van der Waals surface area contributed by atoms with Crippen LogP contribution in [0.5, 0.6) is 0 Å². The zero-order valence-corrected chi connectivity index (χ0v) is 13.0. The van der Waals surface area contributed by atoms with E-state index in [0.717, 1.165) is 0 Å². The zero-order valence-electron chi connectivity index (χ0n) is 11.3. The molecule has 7 heteroatoms. The molecular weight excluding hydrogens is 286 g/mol. The van der Waals surface area contributed by atoms with E-state index in [-0.39, 0.29) is 11.5 Å². The SMILES string of the molecule is Cc1csc(CO)c1S(=O)(=O)N1CCOCC1(C)C. The summed E-state index contributed by atoms with van der Waals surface area (Å²) in [6, 6.07) is 0. The van der Waals surface area contributed by atoms with E-state index in [0.29, 0.717) is 30.2 Å². The highest BCUT2D eigenvalue weighted by molar-refractivity contribution is 7.89. The first kappa shape index (κ1) is 14.9. The third-order valence-electron chi connectivity index (χ3n) is 3.25. The van der Waals surface area contributed by atoms with Crippen LogP contribution in [0.3, 0.4) is 0 Å². The maximum atomic E-state index is 12.8. The van der Waals surface area contributed by atoms with E-state index in [1.165, 1.54) is 15.6 Å². The lowest BCUT2D eigenvalue weighted by atomic mass is 10.1. The Kier molecular flexibility index (Phi) is 4.04. The lowest BCUT2D eigenvalue weighted by Gasteiger charge is -2.40. The van der Waals surface area contributed by atoms with E-state index in [2.05, 4.69) is 0 Å². The van der Waals surface area contributed by atoms with E-state index < -0.39 is 15.6 Å². The number of thiophene rings is 1. The summed E-state index contributed by atoms with van der Waals surface area (Å²) in [6.07, 6.45) is 0. The van der Waals surface area contributed by atoms with Crippen molar-refractivity contribution in [2.24, 2.45) is 0 Å². The zero-order chi connectivity index (χ0) is 14.3. The van der Waals surface area contributed by atoms with Gasteiger partial charge >= 0.3 is 0 Å². The number of rotatable bonds is 3. The van der Waals surface area contributed by atoms with Crippen molar-refractivity contribution in [3.05, 3.63) is 15.8 Å². The minimum Gasteiger partial charge on any atom is -0.391 e. The second-order valence-corrected chi connectivity index (χ2v) is 8.03. The fourth-order valence-corrected chi connectivity index (χ4v) is 5.71. The Balaban J connectivity index is 2.50. The van der Waals surface area contributed by atoms with Gasteiger partial charge in [0.2, 0.25) is 10.0 Å². The van der Waals surface area contributed by atoms with Gasteiger partial charge in [-0.05, 0) is 31.7 Å². The minimum absolute atomic E-state index is 0.252. The summed E-state index contributed by atoms with van der Waals surface area (Å²) >= 11 is 1.28. The van der Waals surface area contributed by atoms with Crippen LogP contribution in [0, 0.1) is 6.92 Å². The van der Waals surface area contributed by atoms with Crippen molar-refractivity contribution in [1.82, 2.24) is 4.31 Å². The predicted molar refractivity (Wildman–Crippen MR) is 73.8 cm³/mol. The van der Waals surface area contributed by atoms with Gasteiger partial charge in [-0.2, -0.15) is 4.31 Å². The van der Waals surface area contributed by atoms with Crippen LogP contribution in [-0.4, -0.2) is 43.1 Å². The number of nitrogens with zero attached hydrogens (tertiary/aromatic N) is 1. The molecule has 2 rings (SSSR count). The fourth-order valence-electron chi connectivity index (χ4n) is 2.34. The number of hydrogen-bond acceptors (Lipinski definition) is 5. The molecule has 0 aromatic carbocycles. The molecule has 1 aromatic heterocycles. The number of aliphatic hydroxyl groups is 1. The summed E-state index contributed by atoms with van der Waals surface area (Å²) in [6.45, 7) is 6.33. The van der Waals surface area contributed by atoms with Crippen LogP contribution in [0.15, 0.2) is 10.3 Å². The van der Waals surface area contributed by atoms with Gasteiger partial charge in [0.05, 0.1) is 30.2 Å². The Morgan fingerprint density at radius 1 is 1.53 bits per heavy atom. The molecule has 1 N–H and O–H groups in total. The van der Waals surface area contributed by atoms with Crippen molar-refractivity contribution >= 4 is 21.4 Å². The summed E-state index contributed by atoms with van der Waals surface area (Å²) in [4.78, 5) is 0.759. The third kappa shape index (κ3) is 2.57. The van der Waals surface area contributed by atoms with Crippen molar-refractivity contribution in [2.75, 3.05) is 19.8 Å². The first-order chi connectivity index (χ1) is 8.80. The smallest absolute Gasteiger partial charge is 0.245 e. The maximum absolute atomic E-state index is 12.8. The van der Waals surface area contributed by atoms with E-state index in [4.69, 9.17) is 4.74 Å². The summed E-state index contributed by atoms with van der Waals surface area (Å²) in [5.41, 5.74) is 0.120. The molecule has 0 radical (unpaired) electrons. The molecular formula is C12H19NO4S2. The van der Waals surface area contributed by atoms with Gasteiger partial charge in [-0.3, -0.25) is 0 Å². The minimum atomic E-state index is -3.60. The molecule has 5 nitrogen and oxygen atoms in total.